The molecule has 1 saturated heterocycles. The summed E-state index contributed by atoms with van der Waals surface area (Å²) < 4.78 is 29.3. The van der Waals surface area contributed by atoms with Crippen molar-refractivity contribution in [1.29, 1.82) is 0 Å². The van der Waals surface area contributed by atoms with Crippen LogP contribution in [0, 0.1) is 5.92 Å². The van der Waals surface area contributed by atoms with Gasteiger partial charge in [-0.3, -0.25) is 10.2 Å². The monoisotopic (exact) mass is 588 g/mol. The molecule has 228 valence electrons. The van der Waals surface area contributed by atoms with E-state index < -0.39 is 12.4 Å². The number of aliphatic hydroxyl groups is 1. The molecule has 2 heterocycles. The van der Waals surface area contributed by atoms with E-state index in [1.54, 1.807) is 26.4 Å². The van der Waals surface area contributed by atoms with Gasteiger partial charge in [0.1, 0.15) is 6.61 Å². The Morgan fingerprint density at radius 3 is 2.35 bits per heavy atom. The molecule has 3 aromatic carbocycles. The topological polar surface area (TPSA) is 98.7 Å². The Balaban J connectivity index is 1.35. The van der Waals surface area contributed by atoms with Crippen LogP contribution in [0.1, 0.15) is 47.1 Å². The fourth-order valence-electron chi connectivity index (χ4n) is 5.69. The van der Waals surface area contributed by atoms with E-state index in [0.717, 1.165) is 54.2 Å². The first kappa shape index (κ1) is 30.6. The van der Waals surface area contributed by atoms with Crippen molar-refractivity contribution < 1.29 is 33.6 Å². The molecule has 43 heavy (non-hydrogen) atoms. The summed E-state index contributed by atoms with van der Waals surface area (Å²) in [6, 6.07) is 19.4. The predicted molar refractivity (Wildman–Crippen MR) is 163 cm³/mol. The Labute approximate surface area is 253 Å². The number of anilines is 1. The first-order valence-corrected chi connectivity index (χ1v) is 14.5. The van der Waals surface area contributed by atoms with Gasteiger partial charge in [0.05, 0.1) is 33.0 Å². The highest BCUT2D eigenvalue weighted by atomic mass is 16.7. The van der Waals surface area contributed by atoms with Crippen LogP contribution in [0.15, 0.2) is 73.3 Å². The standard InChI is InChI=1S/C34H40N2O7/c1-5-16-41-34(38)35-28-12-10-25(11-13-28)33-42-31(22(2)32(43-33)24-8-6-23(21-37)7-9-24)20-36-15-14-26-17-29(39-3)30(40-4)18-27(26)19-36/h5-13,17-18,22,31-33,37H,1,14-16,19-21H2,2-4H3,(H,35,38)/t22-,31+,32+,33+/m0/s1. The zero-order valence-corrected chi connectivity index (χ0v) is 25.0. The molecule has 2 N–H and O–H groups in total. The van der Waals surface area contributed by atoms with E-state index >= 15 is 0 Å². The minimum atomic E-state index is -0.605. The van der Waals surface area contributed by atoms with Crippen molar-refractivity contribution in [2.45, 2.75) is 45.0 Å². The molecule has 2 aliphatic heterocycles. The number of hydrogen-bond acceptors (Lipinski definition) is 8. The number of amides is 1. The van der Waals surface area contributed by atoms with Crippen LogP contribution >= 0.6 is 0 Å². The van der Waals surface area contributed by atoms with Crippen molar-refractivity contribution >= 4 is 11.8 Å². The summed E-state index contributed by atoms with van der Waals surface area (Å²) in [5.74, 6) is 1.55. The molecule has 2 aliphatic rings. The Bertz CT molecular complexity index is 1390. The lowest BCUT2D eigenvalue weighted by molar-refractivity contribution is -0.276. The SMILES string of the molecule is C=CCOC(=O)Nc1ccc([C@@H]2O[C@H](CN3CCc4cc(OC)c(OC)cc4C3)[C@H](C)[C@H](c3ccc(CO)cc3)O2)cc1. The van der Waals surface area contributed by atoms with Crippen molar-refractivity contribution in [2.75, 3.05) is 39.2 Å². The van der Waals surface area contributed by atoms with Crippen LogP contribution in [0.3, 0.4) is 0 Å². The minimum Gasteiger partial charge on any atom is -0.493 e. The molecule has 0 bridgehead atoms. The van der Waals surface area contributed by atoms with E-state index in [1.165, 1.54) is 17.2 Å². The molecule has 0 radical (unpaired) electrons. The molecule has 5 rings (SSSR count). The van der Waals surface area contributed by atoms with Crippen LogP contribution in [0.4, 0.5) is 10.5 Å². The zero-order valence-electron chi connectivity index (χ0n) is 25.0. The Kier molecular flexibility index (Phi) is 9.99. The third-order valence-electron chi connectivity index (χ3n) is 8.12. The number of rotatable bonds is 10. The fraction of sp³-hybridized carbons (Fsp3) is 0.382. The third-order valence-corrected chi connectivity index (χ3v) is 8.12. The highest BCUT2D eigenvalue weighted by Crippen LogP contribution is 2.42. The van der Waals surface area contributed by atoms with Crippen molar-refractivity contribution in [3.8, 4) is 11.5 Å². The molecule has 3 aromatic rings. The Hall–Kier alpha value is -3.89. The molecule has 9 heteroatoms. The van der Waals surface area contributed by atoms with E-state index in [1.807, 2.05) is 36.4 Å². The van der Waals surface area contributed by atoms with Gasteiger partial charge >= 0.3 is 6.09 Å². The second-order valence-electron chi connectivity index (χ2n) is 10.9. The van der Waals surface area contributed by atoms with Gasteiger partial charge in [-0.05, 0) is 52.9 Å². The number of nitrogens with zero attached hydrogens (tertiary/aromatic N) is 1. The maximum atomic E-state index is 12.0. The first-order chi connectivity index (χ1) is 20.9. The van der Waals surface area contributed by atoms with Crippen LogP contribution in [0.2, 0.25) is 0 Å². The summed E-state index contributed by atoms with van der Waals surface area (Å²) in [5, 5.41) is 12.3. The molecule has 0 saturated carbocycles. The van der Waals surface area contributed by atoms with Crippen molar-refractivity contribution in [3.05, 3.63) is 101 Å². The summed E-state index contributed by atoms with van der Waals surface area (Å²) in [7, 11) is 3.32. The molecule has 0 aromatic heterocycles. The van der Waals surface area contributed by atoms with Gasteiger partial charge in [-0.15, -0.1) is 0 Å². The first-order valence-electron chi connectivity index (χ1n) is 14.5. The summed E-state index contributed by atoms with van der Waals surface area (Å²) in [4.78, 5) is 14.4. The normalized spacial score (nSPS) is 21.9. The van der Waals surface area contributed by atoms with Gasteiger partial charge in [-0.1, -0.05) is 56.0 Å². The predicted octanol–water partition coefficient (Wildman–Crippen LogP) is 5.78. The van der Waals surface area contributed by atoms with Crippen LogP contribution in [0.25, 0.3) is 0 Å². The highest BCUT2D eigenvalue weighted by molar-refractivity contribution is 5.84. The van der Waals surface area contributed by atoms with Gasteiger partial charge in [-0.2, -0.15) is 0 Å². The number of fused-ring (bicyclic) bond motifs is 1. The van der Waals surface area contributed by atoms with E-state index in [2.05, 4.69) is 35.9 Å². The summed E-state index contributed by atoms with van der Waals surface area (Å²) in [6.45, 7) is 8.26. The van der Waals surface area contributed by atoms with Crippen molar-refractivity contribution in [1.82, 2.24) is 4.90 Å². The quantitative estimate of drug-likeness (QED) is 0.288. The van der Waals surface area contributed by atoms with Gasteiger partial charge in [0, 0.05) is 36.8 Å². The van der Waals surface area contributed by atoms with E-state index in [4.69, 9.17) is 23.7 Å². The number of ether oxygens (including phenoxy) is 5. The highest BCUT2D eigenvalue weighted by Gasteiger charge is 2.39. The molecule has 9 nitrogen and oxygen atoms in total. The number of benzene rings is 3. The van der Waals surface area contributed by atoms with Crippen molar-refractivity contribution in [2.24, 2.45) is 5.92 Å². The minimum absolute atomic E-state index is 0.00959. The van der Waals surface area contributed by atoms with Gasteiger partial charge in [0.25, 0.3) is 0 Å². The zero-order chi connectivity index (χ0) is 30.3. The van der Waals surface area contributed by atoms with Gasteiger partial charge < -0.3 is 28.8 Å². The maximum absolute atomic E-state index is 12.0. The number of hydrogen-bond donors (Lipinski definition) is 2. The molecule has 0 aliphatic carbocycles. The lowest BCUT2D eigenvalue weighted by atomic mass is 9.89. The Morgan fingerprint density at radius 1 is 1.02 bits per heavy atom. The summed E-state index contributed by atoms with van der Waals surface area (Å²) in [5.41, 5.74) is 5.84. The third kappa shape index (κ3) is 7.19. The van der Waals surface area contributed by atoms with E-state index in [-0.39, 0.29) is 31.3 Å². The van der Waals surface area contributed by atoms with E-state index in [9.17, 15) is 9.90 Å². The molecular weight excluding hydrogens is 548 g/mol. The Morgan fingerprint density at radius 2 is 1.70 bits per heavy atom. The number of nitrogens with one attached hydrogen (secondary N) is 1. The molecule has 1 fully saturated rings. The average molecular weight is 589 g/mol. The molecule has 0 spiro atoms. The number of aliphatic hydroxyl groups excluding tert-OH is 1. The van der Waals surface area contributed by atoms with Crippen LogP contribution in [0.5, 0.6) is 11.5 Å². The summed E-state index contributed by atoms with van der Waals surface area (Å²) >= 11 is 0. The largest absolute Gasteiger partial charge is 0.493 e. The van der Waals surface area contributed by atoms with Crippen LogP contribution < -0.4 is 14.8 Å². The van der Waals surface area contributed by atoms with Gasteiger partial charge in [0.2, 0.25) is 0 Å². The van der Waals surface area contributed by atoms with Crippen LogP contribution in [-0.4, -0.2) is 56.1 Å². The van der Waals surface area contributed by atoms with Gasteiger partial charge in [0.15, 0.2) is 17.8 Å². The lowest BCUT2D eigenvalue weighted by Gasteiger charge is -2.43. The average Bonchev–Trinajstić information content (AvgIpc) is 3.04. The molecule has 1 amide bonds. The molecular formula is C34H40N2O7. The number of carbonyl (C=O) groups is 1. The van der Waals surface area contributed by atoms with E-state index in [0.29, 0.717) is 5.69 Å². The fourth-order valence-corrected chi connectivity index (χ4v) is 5.69. The van der Waals surface area contributed by atoms with Gasteiger partial charge in [-0.25, -0.2) is 4.79 Å². The molecule has 0 unspecified atom stereocenters. The molecule has 4 atom stereocenters. The van der Waals surface area contributed by atoms with Crippen molar-refractivity contribution in [3.63, 3.8) is 0 Å². The second-order valence-corrected chi connectivity index (χ2v) is 10.9. The number of methoxy groups -OCH3 is 2. The second kappa shape index (κ2) is 14.1. The number of carbonyl (C=O) groups excluding carboxylic acids is 1. The van der Waals surface area contributed by atoms with Crippen LogP contribution in [-0.2, 0) is 33.8 Å². The lowest BCUT2D eigenvalue weighted by Crippen LogP contribution is -2.45. The smallest absolute Gasteiger partial charge is 0.411 e. The maximum Gasteiger partial charge on any atom is 0.411 e. The summed E-state index contributed by atoms with van der Waals surface area (Å²) in [6.07, 6.45) is 0.942.